The van der Waals surface area contributed by atoms with Gasteiger partial charge in [-0.1, -0.05) is 6.07 Å². The second-order valence-corrected chi connectivity index (χ2v) is 10.0. The van der Waals surface area contributed by atoms with Gasteiger partial charge >= 0.3 is 5.97 Å². The Balaban J connectivity index is 1.18. The smallest absolute Gasteiger partial charge is 0.338 e. The topological polar surface area (TPSA) is 139 Å². The van der Waals surface area contributed by atoms with E-state index in [0.717, 1.165) is 57.3 Å². The van der Waals surface area contributed by atoms with Crippen LogP contribution in [0.3, 0.4) is 0 Å². The number of benzene rings is 1. The summed E-state index contributed by atoms with van der Waals surface area (Å²) in [6.07, 6.45) is 7.92. The van der Waals surface area contributed by atoms with Crippen molar-refractivity contribution in [2.75, 3.05) is 24.6 Å². The zero-order chi connectivity index (χ0) is 25.3. The van der Waals surface area contributed by atoms with Crippen LogP contribution in [-0.4, -0.2) is 53.3 Å². The van der Waals surface area contributed by atoms with Crippen LogP contribution in [0.25, 0.3) is 0 Å². The number of rotatable bonds is 8. The lowest BCUT2D eigenvalue weighted by molar-refractivity contribution is 0.0534. The van der Waals surface area contributed by atoms with Gasteiger partial charge < -0.3 is 20.8 Å². The fourth-order valence-corrected chi connectivity index (χ4v) is 5.73. The van der Waals surface area contributed by atoms with Crippen molar-refractivity contribution in [2.24, 2.45) is 22.7 Å². The van der Waals surface area contributed by atoms with Gasteiger partial charge in [-0.25, -0.2) is 20.6 Å². The van der Waals surface area contributed by atoms with E-state index in [2.05, 4.69) is 33.3 Å². The van der Waals surface area contributed by atoms with Gasteiger partial charge in [-0.3, -0.25) is 4.79 Å². The van der Waals surface area contributed by atoms with Crippen molar-refractivity contribution in [3.05, 3.63) is 58.3 Å². The number of nitrogens with one attached hydrogen (secondary N) is 1. The Labute approximate surface area is 210 Å². The number of hydrazine groups is 1. The summed E-state index contributed by atoms with van der Waals surface area (Å²) >= 11 is 0. The number of pyridine rings is 1. The largest absolute Gasteiger partial charge is 0.457 e. The first-order valence-electron chi connectivity index (χ1n) is 12.5. The number of esters is 1. The fraction of sp³-hybridized carbons (Fsp3) is 0.462. The lowest BCUT2D eigenvalue weighted by Crippen LogP contribution is -2.59. The SMILES string of the molecule is Cc1c(CCN2CCC(C3(NC(=O)c4ccc(N(N)/C=N\N)nc4)CCC3)C2)ccc2c1COC2=O. The quantitative estimate of drug-likeness (QED) is 0.167. The van der Waals surface area contributed by atoms with Gasteiger partial charge in [-0.15, -0.1) is 0 Å². The van der Waals surface area contributed by atoms with Crippen LogP contribution < -0.4 is 22.0 Å². The molecule has 5 N–H and O–H groups in total. The molecule has 1 saturated heterocycles. The maximum atomic E-state index is 13.1. The van der Waals surface area contributed by atoms with E-state index < -0.39 is 0 Å². The average Bonchev–Trinajstić information content (AvgIpc) is 3.48. The number of fused-ring (bicyclic) bond motifs is 1. The number of carbonyl (C=O) groups is 2. The first-order valence-corrected chi connectivity index (χ1v) is 12.5. The zero-order valence-electron chi connectivity index (χ0n) is 20.6. The molecule has 2 aliphatic heterocycles. The number of anilines is 1. The highest BCUT2D eigenvalue weighted by Gasteiger charge is 2.47. The molecule has 0 spiro atoms. The van der Waals surface area contributed by atoms with Crippen LogP contribution in [-0.2, 0) is 17.8 Å². The van der Waals surface area contributed by atoms with Gasteiger partial charge in [-0.2, -0.15) is 5.10 Å². The summed E-state index contributed by atoms with van der Waals surface area (Å²) in [6.45, 7) is 5.43. The van der Waals surface area contributed by atoms with Crippen molar-refractivity contribution in [2.45, 2.75) is 51.2 Å². The van der Waals surface area contributed by atoms with Gasteiger partial charge in [-0.05, 0) is 80.8 Å². The van der Waals surface area contributed by atoms with Crippen LogP contribution in [0.1, 0.15) is 63.1 Å². The first kappa shape index (κ1) is 24.2. The molecule has 5 rings (SSSR count). The number of likely N-dealkylation sites (tertiary alicyclic amines) is 1. The van der Waals surface area contributed by atoms with Gasteiger partial charge in [0.25, 0.3) is 5.91 Å². The monoisotopic (exact) mass is 491 g/mol. The van der Waals surface area contributed by atoms with Crippen molar-refractivity contribution in [1.82, 2.24) is 15.2 Å². The predicted octanol–water partition coefficient (Wildman–Crippen LogP) is 1.86. The van der Waals surface area contributed by atoms with Crippen LogP contribution in [0, 0.1) is 12.8 Å². The van der Waals surface area contributed by atoms with Crippen molar-refractivity contribution in [3.63, 3.8) is 0 Å². The molecule has 2 aromatic rings. The number of hydrazone groups is 1. The first-order chi connectivity index (χ1) is 17.4. The van der Waals surface area contributed by atoms with E-state index in [0.29, 0.717) is 29.5 Å². The minimum absolute atomic E-state index is 0.103. The second kappa shape index (κ2) is 9.87. The minimum Gasteiger partial charge on any atom is -0.457 e. The average molecular weight is 492 g/mol. The number of cyclic esters (lactones) is 1. The van der Waals surface area contributed by atoms with E-state index in [1.165, 1.54) is 28.7 Å². The molecule has 0 bridgehead atoms. The van der Waals surface area contributed by atoms with Gasteiger partial charge in [0.1, 0.15) is 18.8 Å². The molecule has 10 nitrogen and oxygen atoms in total. The third kappa shape index (κ3) is 4.54. The third-order valence-corrected chi connectivity index (χ3v) is 8.10. The molecule has 2 fully saturated rings. The Bertz CT molecular complexity index is 1180. The summed E-state index contributed by atoms with van der Waals surface area (Å²) in [7, 11) is 0. The molecule has 3 heterocycles. The minimum atomic E-state index is -0.219. The molecule has 1 aliphatic carbocycles. The fourth-order valence-electron chi connectivity index (χ4n) is 5.73. The molecule has 0 radical (unpaired) electrons. The van der Waals surface area contributed by atoms with Gasteiger partial charge in [0.05, 0.1) is 11.1 Å². The number of amides is 1. The van der Waals surface area contributed by atoms with E-state index in [-0.39, 0.29) is 17.4 Å². The van der Waals surface area contributed by atoms with Gasteiger partial charge in [0.15, 0.2) is 0 Å². The number of nitrogens with zero attached hydrogens (tertiary/aromatic N) is 4. The summed E-state index contributed by atoms with van der Waals surface area (Å²) in [5.74, 6) is 11.4. The Kier molecular flexibility index (Phi) is 6.63. The van der Waals surface area contributed by atoms with Crippen molar-refractivity contribution in [1.29, 1.82) is 0 Å². The van der Waals surface area contributed by atoms with Crippen molar-refractivity contribution >= 4 is 24.0 Å². The Hall–Kier alpha value is -3.50. The third-order valence-electron chi connectivity index (χ3n) is 8.10. The second-order valence-electron chi connectivity index (χ2n) is 10.0. The molecular weight excluding hydrogens is 458 g/mol. The predicted molar refractivity (Wildman–Crippen MR) is 136 cm³/mol. The zero-order valence-corrected chi connectivity index (χ0v) is 20.6. The molecule has 1 unspecified atom stereocenters. The van der Waals surface area contributed by atoms with Gasteiger partial charge in [0, 0.05) is 30.4 Å². The van der Waals surface area contributed by atoms with E-state index in [1.54, 1.807) is 12.1 Å². The lowest BCUT2D eigenvalue weighted by Gasteiger charge is -2.47. The maximum Gasteiger partial charge on any atom is 0.338 e. The summed E-state index contributed by atoms with van der Waals surface area (Å²) in [5, 5.41) is 7.92. The van der Waals surface area contributed by atoms with E-state index in [9.17, 15) is 9.59 Å². The number of ether oxygens (including phenoxy) is 1. The summed E-state index contributed by atoms with van der Waals surface area (Å²) in [4.78, 5) is 31.6. The van der Waals surface area contributed by atoms with E-state index >= 15 is 0 Å². The summed E-state index contributed by atoms with van der Waals surface area (Å²) < 4.78 is 5.19. The van der Waals surface area contributed by atoms with Crippen LogP contribution in [0.15, 0.2) is 35.6 Å². The number of carbonyl (C=O) groups excluding carboxylic acids is 2. The normalized spacial score (nSPS) is 20.7. The number of hydrogen-bond acceptors (Lipinski definition) is 8. The van der Waals surface area contributed by atoms with Crippen LogP contribution in [0.4, 0.5) is 5.82 Å². The van der Waals surface area contributed by atoms with Crippen LogP contribution in [0.5, 0.6) is 0 Å². The highest BCUT2D eigenvalue weighted by Crippen LogP contribution is 2.43. The number of hydrogen-bond donors (Lipinski definition) is 3. The Morgan fingerprint density at radius 1 is 1.36 bits per heavy atom. The summed E-state index contributed by atoms with van der Waals surface area (Å²) in [6, 6.07) is 7.35. The van der Waals surface area contributed by atoms with Gasteiger partial charge in [0.2, 0.25) is 0 Å². The molecule has 1 saturated carbocycles. The molecule has 1 aromatic heterocycles. The number of aromatic nitrogens is 1. The highest BCUT2D eigenvalue weighted by molar-refractivity contribution is 5.95. The Morgan fingerprint density at radius 3 is 2.89 bits per heavy atom. The molecule has 1 aromatic carbocycles. The molecule has 10 heteroatoms. The number of nitrogens with two attached hydrogens (primary N) is 2. The lowest BCUT2D eigenvalue weighted by atomic mass is 9.67. The van der Waals surface area contributed by atoms with Crippen LogP contribution in [0.2, 0.25) is 0 Å². The summed E-state index contributed by atoms with van der Waals surface area (Å²) in [5.41, 5.74) is 4.53. The van der Waals surface area contributed by atoms with Crippen LogP contribution >= 0.6 is 0 Å². The highest BCUT2D eigenvalue weighted by atomic mass is 16.5. The van der Waals surface area contributed by atoms with Crippen molar-refractivity contribution < 1.29 is 14.3 Å². The molecule has 36 heavy (non-hydrogen) atoms. The Morgan fingerprint density at radius 2 is 2.19 bits per heavy atom. The molecule has 1 atom stereocenters. The van der Waals surface area contributed by atoms with E-state index in [1.807, 2.05) is 6.07 Å². The standard InChI is InChI=1S/C26H33N7O3/c1-17-18(3-5-21-22(17)15-36-25(21)35)7-11-32-12-8-20(14-32)26(9-2-10-26)31-24(34)19-4-6-23(29-13-19)33(28)16-30-27/h3-6,13,16,20H,2,7-12,14-15,27-28H2,1H3,(H,31,34)/b30-16-. The maximum absolute atomic E-state index is 13.1. The molecule has 3 aliphatic rings. The van der Waals surface area contributed by atoms with Crippen molar-refractivity contribution in [3.8, 4) is 0 Å². The molecular formula is C26H33N7O3. The molecule has 1 amide bonds. The molecule has 190 valence electrons. The van der Waals surface area contributed by atoms with E-state index in [4.69, 9.17) is 16.4 Å².